The van der Waals surface area contributed by atoms with E-state index in [1.165, 1.54) is 12.8 Å². The van der Waals surface area contributed by atoms with Crippen LogP contribution in [-0.2, 0) is 4.79 Å². The van der Waals surface area contributed by atoms with Crippen molar-refractivity contribution in [1.29, 1.82) is 0 Å². The van der Waals surface area contributed by atoms with Crippen molar-refractivity contribution in [2.75, 3.05) is 0 Å². The second kappa shape index (κ2) is 1.77. The smallest absolute Gasteiger partial charge is 0.207 e. The third-order valence-electron chi connectivity index (χ3n) is 1.90. The summed E-state index contributed by atoms with van der Waals surface area (Å²) in [6.07, 6.45) is 4.22. The molecule has 0 aromatic heterocycles. The Morgan fingerprint density at radius 1 is 1.75 bits per heavy atom. The Hall–Kier alpha value is -0.530. The number of hydrogen-bond donors (Lipinski definition) is 1. The minimum absolute atomic E-state index is 0.224. The summed E-state index contributed by atoms with van der Waals surface area (Å²) in [6, 6.07) is 0. The van der Waals surface area contributed by atoms with Gasteiger partial charge in [-0.05, 0) is 19.3 Å². The lowest BCUT2D eigenvalue weighted by molar-refractivity contribution is -0.110. The first-order valence-electron chi connectivity index (χ1n) is 3.04. The van der Waals surface area contributed by atoms with Crippen LogP contribution in [0.4, 0.5) is 0 Å². The molecule has 8 heavy (non-hydrogen) atoms. The van der Waals surface area contributed by atoms with Crippen LogP contribution in [0.5, 0.6) is 0 Å². The van der Waals surface area contributed by atoms with E-state index < -0.39 is 0 Å². The van der Waals surface area contributed by atoms with Gasteiger partial charge in [-0.25, -0.2) is 0 Å². The molecule has 0 atom stereocenters. The van der Waals surface area contributed by atoms with Gasteiger partial charge in [0.1, 0.15) is 0 Å². The molecular weight excluding hydrogens is 102 g/mol. The first-order chi connectivity index (χ1) is 3.83. The molecule has 1 fully saturated rings. The van der Waals surface area contributed by atoms with Crippen molar-refractivity contribution >= 4 is 6.41 Å². The summed E-state index contributed by atoms with van der Waals surface area (Å²) in [4.78, 5) is 9.91. The van der Waals surface area contributed by atoms with Gasteiger partial charge in [0, 0.05) is 5.54 Å². The molecule has 0 radical (unpaired) electrons. The summed E-state index contributed by atoms with van der Waals surface area (Å²) in [5, 5.41) is 2.80. The maximum Gasteiger partial charge on any atom is 0.207 e. The molecule has 1 saturated carbocycles. The molecule has 0 saturated heterocycles. The van der Waals surface area contributed by atoms with Gasteiger partial charge < -0.3 is 5.32 Å². The van der Waals surface area contributed by atoms with Gasteiger partial charge in [-0.2, -0.15) is 0 Å². The molecule has 0 spiro atoms. The fraction of sp³-hybridized carbons (Fsp3) is 0.833. The molecule has 1 aliphatic carbocycles. The van der Waals surface area contributed by atoms with Gasteiger partial charge in [0.25, 0.3) is 0 Å². The van der Waals surface area contributed by atoms with Crippen LogP contribution in [0.3, 0.4) is 0 Å². The maximum atomic E-state index is 9.91. The molecule has 0 aromatic rings. The van der Waals surface area contributed by atoms with Crippen molar-refractivity contribution < 1.29 is 4.79 Å². The quantitative estimate of drug-likeness (QED) is 0.535. The Morgan fingerprint density at radius 2 is 2.38 bits per heavy atom. The lowest BCUT2D eigenvalue weighted by atomic mass is 10.2. The lowest BCUT2D eigenvalue weighted by Gasteiger charge is -2.08. The molecule has 2 heteroatoms. The second-order valence-corrected chi connectivity index (χ2v) is 2.40. The second-order valence-electron chi connectivity index (χ2n) is 2.40. The third-order valence-corrected chi connectivity index (χ3v) is 1.90. The van der Waals surface area contributed by atoms with E-state index in [-0.39, 0.29) is 5.54 Å². The van der Waals surface area contributed by atoms with Crippen LogP contribution in [0.15, 0.2) is 0 Å². The van der Waals surface area contributed by atoms with E-state index in [4.69, 9.17) is 0 Å². The van der Waals surface area contributed by atoms with Crippen molar-refractivity contribution in [3.8, 4) is 0 Å². The van der Waals surface area contributed by atoms with E-state index >= 15 is 0 Å². The summed E-state index contributed by atoms with van der Waals surface area (Å²) in [6.45, 7) is 2.10. The molecule has 46 valence electrons. The molecule has 0 heterocycles. The predicted molar refractivity (Wildman–Crippen MR) is 31.5 cm³/mol. The molecule has 1 rings (SSSR count). The standard InChI is InChI=1S/C6H11NO/c1-2-6(3-4-6)7-5-8/h5H,2-4H2,1H3,(H,7,8). The van der Waals surface area contributed by atoms with Crippen LogP contribution in [-0.4, -0.2) is 11.9 Å². The number of carbonyl (C=O) groups excluding carboxylic acids is 1. The molecule has 0 unspecified atom stereocenters. The van der Waals surface area contributed by atoms with E-state index in [1.807, 2.05) is 0 Å². The van der Waals surface area contributed by atoms with Crippen molar-refractivity contribution in [1.82, 2.24) is 5.32 Å². The number of amides is 1. The Labute approximate surface area is 49.3 Å². The van der Waals surface area contributed by atoms with Gasteiger partial charge in [-0.1, -0.05) is 6.92 Å². The SMILES string of the molecule is CCC1(NC=O)CC1. The predicted octanol–water partition coefficient (Wildman–Crippen LogP) is 0.675. The van der Waals surface area contributed by atoms with E-state index in [9.17, 15) is 4.79 Å². The molecule has 2 nitrogen and oxygen atoms in total. The fourth-order valence-electron chi connectivity index (χ4n) is 0.876. The van der Waals surface area contributed by atoms with E-state index in [0.717, 1.165) is 12.8 Å². The average molecular weight is 113 g/mol. The van der Waals surface area contributed by atoms with Crippen LogP contribution >= 0.6 is 0 Å². The Kier molecular flexibility index (Phi) is 1.24. The molecular formula is C6H11NO. The number of nitrogens with one attached hydrogen (secondary N) is 1. The average Bonchev–Trinajstić information content (AvgIpc) is 2.50. The molecule has 1 aliphatic rings. The van der Waals surface area contributed by atoms with Crippen molar-refractivity contribution in [3.05, 3.63) is 0 Å². The topological polar surface area (TPSA) is 29.1 Å². The first-order valence-corrected chi connectivity index (χ1v) is 3.04. The van der Waals surface area contributed by atoms with E-state index in [0.29, 0.717) is 0 Å². The van der Waals surface area contributed by atoms with Gasteiger partial charge in [-0.3, -0.25) is 4.79 Å². The number of carbonyl (C=O) groups is 1. The summed E-state index contributed by atoms with van der Waals surface area (Å²) in [5.41, 5.74) is 0.224. The molecule has 1 N–H and O–H groups in total. The number of rotatable bonds is 3. The highest BCUT2D eigenvalue weighted by Gasteiger charge is 2.39. The van der Waals surface area contributed by atoms with Crippen LogP contribution in [0.1, 0.15) is 26.2 Å². The van der Waals surface area contributed by atoms with Gasteiger partial charge in [0.15, 0.2) is 0 Å². The van der Waals surface area contributed by atoms with E-state index in [1.54, 1.807) is 0 Å². The number of hydrogen-bond acceptors (Lipinski definition) is 1. The Morgan fingerprint density at radius 3 is 2.50 bits per heavy atom. The fourth-order valence-corrected chi connectivity index (χ4v) is 0.876. The third kappa shape index (κ3) is 0.831. The van der Waals surface area contributed by atoms with Crippen LogP contribution in [0, 0.1) is 0 Å². The summed E-state index contributed by atoms with van der Waals surface area (Å²) < 4.78 is 0. The molecule has 1 amide bonds. The van der Waals surface area contributed by atoms with Crippen molar-refractivity contribution in [2.45, 2.75) is 31.7 Å². The van der Waals surface area contributed by atoms with Crippen molar-refractivity contribution in [3.63, 3.8) is 0 Å². The Bertz CT molecular complexity index is 96.7. The van der Waals surface area contributed by atoms with Crippen LogP contribution in [0.2, 0.25) is 0 Å². The van der Waals surface area contributed by atoms with Crippen molar-refractivity contribution in [2.24, 2.45) is 0 Å². The maximum absolute atomic E-state index is 9.91. The zero-order chi connectivity index (χ0) is 6.04. The van der Waals surface area contributed by atoms with Gasteiger partial charge in [0.2, 0.25) is 6.41 Å². The first kappa shape index (κ1) is 5.60. The molecule has 0 aliphatic heterocycles. The van der Waals surface area contributed by atoms with Gasteiger partial charge in [0.05, 0.1) is 0 Å². The summed E-state index contributed by atoms with van der Waals surface area (Å²) in [5.74, 6) is 0. The van der Waals surface area contributed by atoms with Crippen LogP contribution in [0.25, 0.3) is 0 Å². The summed E-state index contributed by atoms with van der Waals surface area (Å²) >= 11 is 0. The zero-order valence-electron chi connectivity index (χ0n) is 5.11. The minimum atomic E-state index is 0.224. The lowest BCUT2D eigenvalue weighted by Crippen LogP contribution is -2.28. The van der Waals surface area contributed by atoms with E-state index in [2.05, 4.69) is 12.2 Å². The van der Waals surface area contributed by atoms with Gasteiger partial charge in [-0.15, -0.1) is 0 Å². The zero-order valence-corrected chi connectivity index (χ0v) is 5.11. The molecule has 0 bridgehead atoms. The molecule has 0 aromatic carbocycles. The Balaban J connectivity index is 2.29. The van der Waals surface area contributed by atoms with Crippen LogP contribution < -0.4 is 5.32 Å². The van der Waals surface area contributed by atoms with Gasteiger partial charge >= 0.3 is 0 Å². The normalized spacial score (nSPS) is 22.1. The highest BCUT2D eigenvalue weighted by molar-refractivity contribution is 5.49. The highest BCUT2D eigenvalue weighted by atomic mass is 16.1. The minimum Gasteiger partial charge on any atom is -0.353 e. The largest absolute Gasteiger partial charge is 0.353 e. The monoisotopic (exact) mass is 113 g/mol. The highest BCUT2D eigenvalue weighted by Crippen LogP contribution is 2.37. The summed E-state index contributed by atoms with van der Waals surface area (Å²) in [7, 11) is 0.